The van der Waals surface area contributed by atoms with Gasteiger partial charge in [-0.05, 0) is 43.0 Å². The van der Waals surface area contributed by atoms with Gasteiger partial charge >= 0.3 is 5.97 Å². The molecule has 4 heteroatoms. The summed E-state index contributed by atoms with van der Waals surface area (Å²) in [5, 5.41) is 11.4. The molecule has 2 aromatic carbocycles. The van der Waals surface area contributed by atoms with Gasteiger partial charge in [0, 0.05) is 23.1 Å². The molecule has 3 heterocycles. The van der Waals surface area contributed by atoms with Gasteiger partial charge in [-0.25, -0.2) is 0 Å². The first kappa shape index (κ1) is 15.6. The first-order chi connectivity index (χ1) is 12.7. The number of nitrogens with zero attached hydrogens (tertiary/aromatic N) is 1. The number of H-pyrrole nitrogens is 1. The number of nitrogens with one attached hydrogen (secondary N) is 1. The number of benzene rings is 2. The summed E-state index contributed by atoms with van der Waals surface area (Å²) < 4.78 is 0. The van der Waals surface area contributed by atoms with Gasteiger partial charge in [0.25, 0.3) is 0 Å². The van der Waals surface area contributed by atoms with E-state index < -0.39 is 17.4 Å². The van der Waals surface area contributed by atoms with Crippen LogP contribution in [0.15, 0.2) is 54.6 Å². The fourth-order valence-corrected chi connectivity index (χ4v) is 5.27. The van der Waals surface area contributed by atoms with Crippen molar-refractivity contribution < 1.29 is 9.90 Å². The van der Waals surface area contributed by atoms with Crippen molar-refractivity contribution in [1.29, 1.82) is 0 Å². The molecule has 1 fully saturated rings. The van der Waals surface area contributed by atoms with Crippen molar-refractivity contribution >= 4 is 16.9 Å². The number of aliphatic carboxylic acids is 1. The number of hydrogen-bond acceptors (Lipinski definition) is 2. The monoisotopic (exact) mass is 346 g/mol. The van der Waals surface area contributed by atoms with E-state index in [2.05, 4.69) is 40.2 Å². The molecule has 0 amide bonds. The molecule has 0 saturated carbocycles. The van der Waals surface area contributed by atoms with Gasteiger partial charge in [0.05, 0.1) is 5.92 Å². The fraction of sp³-hybridized carbons (Fsp3) is 0.318. The molecule has 3 aromatic rings. The quantitative estimate of drug-likeness (QED) is 0.743. The van der Waals surface area contributed by atoms with Gasteiger partial charge in [0.15, 0.2) is 0 Å². The molecule has 132 valence electrons. The van der Waals surface area contributed by atoms with Gasteiger partial charge < -0.3 is 10.1 Å². The Kier molecular flexibility index (Phi) is 3.44. The number of carboxylic acids is 1. The van der Waals surface area contributed by atoms with Crippen LogP contribution in [-0.2, 0) is 16.8 Å². The Morgan fingerprint density at radius 1 is 1.08 bits per heavy atom. The molecular formula is C22H22N2O2. The van der Waals surface area contributed by atoms with E-state index in [1.54, 1.807) is 0 Å². The predicted molar refractivity (Wildman–Crippen MR) is 101 cm³/mol. The summed E-state index contributed by atoms with van der Waals surface area (Å²) in [6.45, 7) is 1.83. The van der Waals surface area contributed by atoms with Crippen LogP contribution in [0.1, 0.15) is 29.7 Å². The number of aromatic amines is 1. The van der Waals surface area contributed by atoms with E-state index >= 15 is 0 Å². The highest BCUT2D eigenvalue weighted by Gasteiger charge is 2.55. The largest absolute Gasteiger partial charge is 0.481 e. The molecule has 2 aliphatic heterocycles. The van der Waals surface area contributed by atoms with Crippen molar-refractivity contribution in [1.82, 2.24) is 9.88 Å². The number of carboxylic acid groups (broad SMARTS) is 1. The average Bonchev–Trinajstić information content (AvgIpc) is 3.07. The van der Waals surface area contributed by atoms with E-state index in [1.165, 1.54) is 10.9 Å². The van der Waals surface area contributed by atoms with Crippen LogP contribution < -0.4 is 0 Å². The molecule has 2 aliphatic rings. The number of piperidine rings is 1. The lowest BCUT2D eigenvalue weighted by Gasteiger charge is -2.53. The van der Waals surface area contributed by atoms with Crippen molar-refractivity contribution in [2.45, 2.75) is 24.8 Å². The Morgan fingerprint density at radius 3 is 2.65 bits per heavy atom. The number of hydrogen-bond donors (Lipinski definition) is 2. The molecule has 2 N–H and O–H groups in total. The third-order valence-electron chi connectivity index (χ3n) is 6.26. The lowest BCUT2D eigenvalue weighted by atomic mass is 9.67. The van der Waals surface area contributed by atoms with Crippen LogP contribution in [-0.4, -0.2) is 34.0 Å². The first-order valence-corrected chi connectivity index (χ1v) is 9.36. The maximum Gasteiger partial charge on any atom is 0.309 e. The van der Waals surface area contributed by atoms with Crippen molar-refractivity contribution in [3.8, 4) is 0 Å². The molecule has 0 bridgehead atoms. The molecule has 1 saturated heterocycles. The predicted octanol–water partition coefficient (Wildman–Crippen LogP) is 3.76. The maximum atomic E-state index is 12.4. The van der Waals surface area contributed by atoms with Crippen LogP contribution in [0.4, 0.5) is 0 Å². The zero-order valence-corrected chi connectivity index (χ0v) is 14.6. The molecule has 0 spiro atoms. The van der Waals surface area contributed by atoms with Gasteiger partial charge in [-0.3, -0.25) is 9.69 Å². The van der Waals surface area contributed by atoms with E-state index in [1.807, 2.05) is 24.3 Å². The molecule has 0 radical (unpaired) electrons. The number of carbonyl (C=O) groups is 1. The van der Waals surface area contributed by atoms with Gasteiger partial charge in [-0.15, -0.1) is 0 Å². The number of para-hydroxylation sites is 1. The molecule has 0 aliphatic carbocycles. The molecule has 5 rings (SSSR count). The summed E-state index contributed by atoms with van der Waals surface area (Å²) in [6, 6.07) is 18.6. The SMILES string of the molecule is O=C(O)C1CCCN2CCc3c([nH]c4ccccc34)C12c1ccccc1. The van der Waals surface area contributed by atoms with Crippen LogP contribution in [0.2, 0.25) is 0 Å². The highest BCUT2D eigenvalue weighted by Crippen LogP contribution is 2.51. The highest BCUT2D eigenvalue weighted by molar-refractivity contribution is 5.86. The lowest BCUT2D eigenvalue weighted by Crippen LogP contribution is -2.60. The normalized spacial score (nSPS) is 25.6. The Morgan fingerprint density at radius 2 is 1.85 bits per heavy atom. The molecule has 26 heavy (non-hydrogen) atoms. The molecule has 1 aromatic heterocycles. The van der Waals surface area contributed by atoms with E-state index in [0.717, 1.165) is 42.7 Å². The summed E-state index contributed by atoms with van der Waals surface area (Å²) in [5.74, 6) is -1.16. The lowest BCUT2D eigenvalue weighted by molar-refractivity contribution is -0.150. The third-order valence-corrected chi connectivity index (χ3v) is 6.26. The van der Waals surface area contributed by atoms with Gasteiger partial charge in [-0.2, -0.15) is 0 Å². The van der Waals surface area contributed by atoms with Crippen LogP contribution in [0.5, 0.6) is 0 Å². The summed E-state index contributed by atoms with van der Waals surface area (Å²) in [6.07, 6.45) is 2.59. The van der Waals surface area contributed by atoms with Crippen molar-refractivity contribution in [2.75, 3.05) is 13.1 Å². The minimum absolute atomic E-state index is 0.453. The number of fused-ring (bicyclic) bond motifs is 5. The Labute approximate surface area is 152 Å². The number of rotatable bonds is 2. The zero-order chi connectivity index (χ0) is 17.7. The minimum Gasteiger partial charge on any atom is -0.481 e. The van der Waals surface area contributed by atoms with Crippen LogP contribution in [0.3, 0.4) is 0 Å². The topological polar surface area (TPSA) is 56.3 Å². The minimum atomic E-state index is -0.704. The molecule has 4 nitrogen and oxygen atoms in total. The Bertz CT molecular complexity index is 978. The van der Waals surface area contributed by atoms with E-state index in [-0.39, 0.29) is 0 Å². The maximum absolute atomic E-state index is 12.4. The fourth-order valence-electron chi connectivity index (χ4n) is 5.27. The Hall–Kier alpha value is -2.59. The van der Waals surface area contributed by atoms with Crippen LogP contribution >= 0.6 is 0 Å². The van der Waals surface area contributed by atoms with Gasteiger partial charge in [0.1, 0.15) is 5.54 Å². The highest BCUT2D eigenvalue weighted by atomic mass is 16.4. The van der Waals surface area contributed by atoms with Gasteiger partial charge in [0.2, 0.25) is 0 Å². The summed E-state index contributed by atoms with van der Waals surface area (Å²) >= 11 is 0. The second-order valence-electron chi connectivity index (χ2n) is 7.43. The third kappa shape index (κ3) is 1.96. The molecular weight excluding hydrogens is 324 g/mol. The van der Waals surface area contributed by atoms with Crippen LogP contribution in [0.25, 0.3) is 10.9 Å². The average molecular weight is 346 g/mol. The molecule has 2 unspecified atom stereocenters. The second-order valence-corrected chi connectivity index (χ2v) is 7.43. The second kappa shape index (κ2) is 5.71. The van der Waals surface area contributed by atoms with Crippen molar-refractivity contribution in [3.05, 3.63) is 71.4 Å². The van der Waals surface area contributed by atoms with Crippen molar-refractivity contribution in [2.24, 2.45) is 5.92 Å². The molecule has 2 atom stereocenters. The van der Waals surface area contributed by atoms with Gasteiger partial charge in [-0.1, -0.05) is 48.5 Å². The van der Waals surface area contributed by atoms with E-state index in [0.29, 0.717) is 6.42 Å². The number of aromatic nitrogens is 1. The smallest absolute Gasteiger partial charge is 0.309 e. The zero-order valence-electron chi connectivity index (χ0n) is 14.6. The van der Waals surface area contributed by atoms with Crippen molar-refractivity contribution in [3.63, 3.8) is 0 Å². The Balaban J connectivity index is 1.87. The summed E-state index contributed by atoms with van der Waals surface area (Å²) in [5.41, 5.74) is 3.94. The summed E-state index contributed by atoms with van der Waals surface area (Å²) in [4.78, 5) is 18.4. The standard InChI is InChI=1S/C22H22N2O2/c25-21(26)18-10-6-13-24-14-12-17-16-9-4-5-11-19(16)23-20(17)22(18,24)15-7-2-1-3-8-15/h1-5,7-9,11,18,23H,6,10,12-14H2,(H,25,26). The van der Waals surface area contributed by atoms with Crippen LogP contribution in [0, 0.1) is 5.92 Å². The van der Waals surface area contributed by atoms with E-state index in [9.17, 15) is 9.90 Å². The van der Waals surface area contributed by atoms with E-state index in [4.69, 9.17) is 0 Å². The summed E-state index contributed by atoms with van der Waals surface area (Å²) in [7, 11) is 0. The first-order valence-electron chi connectivity index (χ1n) is 9.36.